The summed E-state index contributed by atoms with van der Waals surface area (Å²) in [5.41, 5.74) is -0.225. The van der Waals surface area contributed by atoms with Crippen LogP contribution in [0.4, 0.5) is 0 Å². The van der Waals surface area contributed by atoms with Crippen molar-refractivity contribution in [2.45, 2.75) is 24.3 Å². The molecule has 1 fully saturated rings. The van der Waals surface area contributed by atoms with Crippen molar-refractivity contribution in [3.8, 4) is 0 Å². The van der Waals surface area contributed by atoms with Crippen LogP contribution < -0.4 is 0 Å². The summed E-state index contributed by atoms with van der Waals surface area (Å²) in [5, 5.41) is 9.05. The topological polar surface area (TPSA) is 83.9 Å². The predicted molar refractivity (Wildman–Crippen MR) is 77.2 cm³/mol. The number of nitrogens with zero attached hydrogens (tertiary/aromatic N) is 1. The van der Waals surface area contributed by atoms with Gasteiger partial charge in [-0.15, -0.1) is 0 Å². The number of hydrogen-bond donors (Lipinski definition) is 1. The van der Waals surface area contributed by atoms with Crippen LogP contribution in [0.2, 0.25) is 5.02 Å². The molecule has 1 aromatic rings. The van der Waals surface area contributed by atoms with Crippen LogP contribution in [0.25, 0.3) is 0 Å². The van der Waals surface area contributed by atoms with Gasteiger partial charge in [0.05, 0.1) is 21.6 Å². The predicted octanol–water partition coefficient (Wildman–Crippen LogP) is 1.84. The highest BCUT2D eigenvalue weighted by molar-refractivity contribution is 7.89. The Morgan fingerprint density at radius 2 is 2.19 bits per heavy atom. The van der Waals surface area contributed by atoms with Gasteiger partial charge in [0.1, 0.15) is 0 Å². The first kappa shape index (κ1) is 16.2. The van der Waals surface area contributed by atoms with Gasteiger partial charge in [-0.3, -0.25) is 0 Å². The standard InChI is InChI=1S/C13H16ClNO5S/c1-9-8-15(5-2-6-20-9)21(18,19)10-3-4-12(14)11(7-10)13(16)17/h3-4,7,9H,2,5-6,8H2,1H3,(H,16,17). The van der Waals surface area contributed by atoms with Crippen molar-refractivity contribution in [1.29, 1.82) is 0 Å². The highest BCUT2D eigenvalue weighted by Crippen LogP contribution is 2.24. The first-order valence-corrected chi connectivity index (χ1v) is 8.29. The fourth-order valence-corrected chi connectivity index (χ4v) is 3.93. The molecule has 1 N–H and O–H groups in total. The van der Waals surface area contributed by atoms with E-state index in [1.54, 1.807) is 6.92 Å². The molecule has 0 saturated carbocycles. The van der Waals surface area contributed by atoms with Crippen molar-refractivity contribution >= 4 is 27.6 Å². The lowest BCUT2D eigenvalue weighted by Crippen LogP contribution is -2.36. The first-order valence-electron chi connectivity index (χ1n) is 6.47. The lowest BCUT2D eigenvalue weighted by Gasteiger charge is -2.21. The van der Waals surface area contributed by atoms with E-state index in [2.05, 4.69) is 0 Å². The summed E-state index contributed by atoms with van der Waals surface area (Å²) in [6, 6.07) is 3.70. The van der Waals surface area contributed by atoms with E-state index < -0.39 is 16.0 Å². The van der Waals surface area contributed by atoms with Gasteiger partial charge in [-0.25, -0.2) is 13.2 Å². The number of ether oxygens (including phenoxy) is 1. The van der Waals surface area contributed by atoms with Crippen LogP contribution in [0.5, 0.6) is 0 Å². The van der Waals surface area contributed by atoms with Crippen LogP contribution in [0.15, 0.2) is 23.1 Å². The second-order valence-corrected chi connectivity index (χ2v) is 7.19. The van der Waals surface area contributed by atoms with Crippen molar-refractivity contribution < 1.29 is 23.1 Å². The number of carboxylic acid groups (broad SMARTS) is 1. The molecular formula is C13H16ClNO5S. The lowest BCUT2D eigenvalue weighted by molar-refractivity contribution is 0.0696. The number of carbonyl (C=O) groups is 1. The van der Waals surface area contributed by atoms with Crippen LogP contribution in [0.3, 0.4) is 0 Å². The Morgan fingerprint density at radius 1 is 1.48 bits per heavy atom. The van der Waals surface area contributed by atoms with Crippen LogP contribution >= 0.6 is 11.6 Å². The maximum atomic E-state index is 12.6. The average Bonchev–Trinajstić information content (AvgIpc) is 2.63. The molecule has 1 saturated heterocycles. The van der Waals surface area contributed by atoms with Gasteiger partial charge >= 0.3 is 5.97 Å². The molecule has 1 aromatic carbocycles. The Morgan fingerprint density at radius 3 is 2.86 bits per heavy atom. The van der Waals surface area contributed by atoms with Crippen molar-refractivity contribution in [3.63, 3.8) is 0 Å². The SMILES string of the molecule is CC1CN(S(=O)(=O)c2ccc(Cl)c(C(=O)O)c2)CCCO1. The number of aromatic carboxylic acids is 1. The first-order chi connectivity index (χ1) is 9.82. The monoisotopic (exact) mass is 333 g/mol. The van der Waals surface area contributed by atoms with Crippen LogP contribution in [-0.4, -0.2) is 49.6 Å². The highest BCUT2D eigenvalue weighted by atomic mass is 35.5. The minimum absolute atomic E-state index is 0.00835. The fraction of sp³-hybridized carbons (Fsp3) is 0.462. The van der Waals surface area contributed by atoms with Gasteiger partial charge in [0.2, 0.25) is 10.0 Å². The minimum Gasteiger partial charge on any atom is -0.478 e. The number of benzene rings is 1. The van der Waals surface area contributed by atoms with Gasteiger partial charge < -0.3 is 9.84 Å². The van der Waals surface area contributed by atoms with Gasteiger partial charge in [-0.2, -0.15) is 4.31 Å². The summed E-state index contributed by atoms with van der Waals surface area (Å²) in [4.78, 5) is 11.0. The van der Waals surface area contributed by atoms with Crippen LogP contribution in [0.1, 0.15) is 23.7 Å². The summed E-state index contributed by atoms with van der Waals surface area (Å²) in [5.74, 6) is -1.26. The van der Waals surface area contributed by atoms with Gasteiger partial charge in [0.15, 0.2) is 0 Å². The average molecular weight is 334 g/mol. The second kappa shape index (κ2) is 6.31. The Kier molecular flexibility index (Phi) is 4.88. The summed E-state index contributed by atoms with van der Waals surface area (Å²) in [7, 11) is -3.76. The molecule has 0 spiro atoms. The zero-order valence-corrected chi connectivity index (χ0v) is 13.0. The van der Waals surface area contributed by atoms with E-state index in [9.17, 15) is 13.2 Å². The third-order valence-electron chi connectivity index (χ3n) is 3.22. The Labute approximate surface area is 128 Å². The molecule has 2 rings (SSSR count). The molecule has 0 bridgehead atoms. The molecule has 1 unspecified atom stereocenters. The van der Waals surface area contributed by atoms with E-state index in [-0.39, 0.29) is 28.1 Å². The molecule has 0 aromatic heterocycles. The highest BCUT2D eigenvalue weighted by Gasteiger charge is 2.28. The minimum atomic E-state index is -3.76. The maximum absolute atomic E-state index is 12.6. The van der Waals surface area contributed by atoms with Gasteiger partial charge in [-0.05, 0) is 31.5 Å². The molecule has 1 heterocycles. The van der Waals surface area contributed by atoms with Crippen LogP contribution in [-0.2, 0) is 14.8 Å². The Balaban J connectivity index is 2.39. The third kappa shape index (κ3) is 3.55. The molecule has 8 heteroatoms. The van der Waals surface area contributed by atoms with E-state index >= 15 is 0 Å². The fourth-order valence-electron chi connectivity index (χ4n) is 2.15. The molecule has 6 nitrogen and oxygen atoms in total. The van der Waals surface area contributed by atoms with E-state index in [0.29, 0.717) is 19.6 Å². The lowest BCUT2D eigenvalue weighted by atomic mass is 10.2. The summed E-state index contributed by atoms with van der Waals surface area (Å²) in [6.45, 7) is 2.90. The van der Waals surface area contributed by atoms with Crippen LogP contribution in [0, 0.1) is 0 Å². The normalized spacial score (nSPS) is 21.0. The van der Waals surface area contributed by atoms with Gasteiger partial charge in [-0.1, -0.05) is 11.6 Å². The molecule has 0 aliphatic carbocycles. The largest absolute Gasteiger partial charge is 0.478 e. The van der Waals surface area contributed by atoms with Crippen molar-refractivity contribution in [3.05, 3.63) is 28.8 Å². The van der Waals surface area contributed by atoms with Gasteiger partial charge in [0.25, 0.3) is 0 Å². The van der Waals surface area contributed by atoms with Crippen molar-refractivity contribution in [1.82, 2.24) is 4.31 Å². The number of halogens is 1. The van der Waals surface area contributed by atoms with E-state index in [0.717, 1.165) is 6.07 Å². The molecule has 0 radical (unpaired) electrons. The number of rotatable bonds is 3. The second-order valence-electron chi connectivity index (χ2n) is 4.84. The van der Waals surface area contributed by atoms with E-state index in [1.807, 2.05) is 0 Å². The zero-order valence-electron chi connectivity index (χ0n) is 11.5. The molecule has 0 amide bonds. The molecule has 116 valence electrons. The number of hydrogen-bond acceptors (Lipinski definition) is 4. The Bertz CT molecular complexity index is 646. The number of carboxylic acids is 1. The van der Waals surface area contributed by atoms with E-state index in [4.69, 9.17) is 21.4 Å². The van der Waals surface area contributed by atoms with Gasteiger partial charge in [0, 0.05) is 19.7 Å². The molecule has 1 atom stereocenters. The molecule has 21 heavy (non-hydrogen) atoms. The molecular weight excluding hydrogens is 318 g/mol. The molecule has 1 aliphatic rings. The third-order valence-corrected chi connectivity index (χ3v) is 5.41. The summed E-state index contributed by atoms with van der Waals surface area (Å²) in [6.07, 6.45) is 0.400. The number of sulfonamides is 1. The zero-order chi connectivity index (χ0) is 15.6. The quantitative estimate of drug-likeness (QED) is 0.912. The maximum Gasteiger partial charge on any atom is 0.337 e. The van der Waals surface area contributed by atoms with Crippen molar-refractivity contribution in [2.75, 3.05) is 19.7 Å². The summed E-state index contributed by atoms with van der Waals surface area (Å²) < 4.78 is 32.0. The smallest absolute Gasteiger partial charge is 0.337 e. The van der Waals surface area contributed by atoms with E-state index in [1.165, 1.54) is 16.4 Å². The molecule has 1 aliphatic heterocycles. The Hall–Kier alpha value is -1.15. The summed E-state index contributed by atoms with van der Waals surface area (Å²) >= 11 is 5.77. The van der Waals surface area contributed by atoms with Crippen molar-refractivity contribution in [2.24, 2.45) is 0 Å².